The van der Waals surface area contributed by atoms with E-state index in [9.17, 15) is 0 Å². The van der Waals surface area contributed by atoms with Gasteiger partial charge < -0.3 is 4.90 Å². The predicted octanol–water partition coefficient (Wildman–Crippen LogP) is 5.63. The summed E-state index contributed by atoms with van der Waals surface area (Å²) < 4.78 is 0. The quantitative estimate of drug-likeness (QED) is 0.590. The van der Waals surface area contributed by atoms with Gasteiger partial charge >= 0.3 is 0 Å². The lowest BCUT2D eigenvalue weighted by Crippen LogP contribution is -2.19. The highest BCUT2D eigenvalue weighted by molar-refractivity contribution is 6.20. The number of rotatable bonds is 7. The van der Waals surface area contributed by atoms with E-state index in [2.05, 4.69) is 66.5 Å². The zero-order valence-corrected chi connectivity index (χ0v) is 15.4. The monoisotopic (exact) mass is 341 g/mol. The normalized spacial score (nSPS) is 20.6. The zero-order chi connectivity index (χ0) is 16.8. The Bertz CT molecular complexity index is 608. The summed E-state index contributed by atoms with van der Waals surface area (Å²) in [6.07, 6.45) is 5.92. The van der Waals surface area contributed by atoms with Gasteiger partial charge in [-0.3, -0.25) is 0 Å². The molecule has 0 amide bonds. The molecule has 2 aromatic rings. The molecular formula is C22H28ClN. The van der Waals surface area contributed by atoms with Crippen molar-refractivity contribution >= 4 is 11.6 Å². The summed E-state index contributed by atoms with van der Waals surface area (Å²) in [6, 6.07) is 20.0. The second-order valence-corrected chi connectivity index (χ2v) is 7.79. The first-order chi connectivity index (χ1) is 11.7. The van der Waals surface area contributed by atoms with Crippen molar-refractivity contribution in [3.05, 3.63) is 71.3 Å². The van der Waals surface area contributed by atoms with Crippen LogP contribution in [0.4, 0.5) is 0 Å². The fraction of sp³-hybridized carbons (Fsp3) is 0.455. The lowest BCUT2D eigenvalue weighted by molar-refractivity contribution is 0.322. The first-order valence-electron chi connectivity index (χ1n) is 9.16. The summed E-state index contributed by atoms with van der Waals surface area (Å²) in [5.41, 5.74) is 4.31. The Labute approximate surface area is 151 Å². The van der Waals surface area contributed by atoms with E-state index in [1.165, 1.54) is 36.0 Å². The molecule has 0 spiro atoms. The Kier molecular flexibility index (Phi) is 6.34. The van der Waals surface area contributed by atoms with E-state index in [1.807, 2.05) is 0 Å². The summed E-state index contributed by atoms with van der Waals surface area (Å²) in [6.45, 7) is 2.16. The molecule has 1 nitrogen and oxygen atoms in total. The molecule has 1 saturated carbocycles. The predicted molar refractivity (Wildman–Crippen MR) is 104 cm³/mol. The Morgan fingerprint density at radius 1 is 0.958 bits per heavy atom. The second-order valence-electron chi connectivity index (χ2n) is 7.18. The number of hydrogen-bond acceptors (Lipinski definition) is 1. The highest BCUT2D eigenvalue weighted by atomic mass is 35.5. The van der Waals surface area contributed by atoms with Gasteiger partial charge in [0.15, 0.2) is 0 Å². The van der Waals surface area contributed by atoms with E-state index in [4.69, 9.17) is 11.6 Å². The first kappa shape index (κ1) is 17.5. The summed E-state index contributed by atoms with van der Waals surface area (Å²) in [7, 11) is 2.21. The van der Waals surface area contributed by atoms with Crippen LogP contribution >= 0.6 is 11.6 Å². The van der Waals surface area contributed by atoms with Crippen LogP contribution in [0.15, 0.2) is 54.6 Å². The van der Waals surface area contributed by atoms with Gasteiger partial charge in [-0.2, -0.15) is 0 Å². The number of nitrogens with zero attached hydrogens (tertiary/aromatic N) is 1. The molecule has 2 unspecified atom stereocenters. The van der Waals surface area contributed by atoms with E-state index in [-0.39, 0.29) is 0 Å². The molecule has 2 aromatic carbocycles. The number of benzene rings is 2. The molecular weight excluding hydrogens is 314 g/mol. The molecule has 0 aromatic heterocycles. The van der Waals surface area contributed by atoms with E-state index < -0.39 is 0 Å². The van der Waals surface area contributed by atoms with Crippen molar-refractivity contribution in [2.45, 2.75) is 49.9 Å². The van der Waals surface area contributed by atoms with Crippen LogP contribution in [0, 0.1) is 0 Å². The van der Waals surface area contributed by atoms with Crippen LogP contribution in [0.1, 0.15) is 48.3 Å². The molecule has 1 fully saturated rings. The van der Waals surface area contributed by atoms with Gasteiger partial charge in [-0.25, -0.2) is 0 Å². The molecule has 24 heavy (non-hydrogen) atoms. The fourth-order valence-corrected chi connectivity index (χ4v) is 4.05. The Balaban J connectivity index is 1.42. The number of aryl methyl sites for hydroxylation is 1. The molecule has 1 aliphatic rings. The van der Waals surface area contributed by atoms with Gasteiger partial charge in [0.1, 0.15) is 0 Å². The van der Waals surface area contributed by atoms with Crippen LogP contribution in [0.3, 0.4) is 0 Å². The van der Waals surface area contributed by atoms with Crippen molar-refractivity contribution in [2.75, 3.05) is 13.6 Å². The SMILES string of the molecule is CN(CCCc1ccc(C2CCC(Cl)C2)cc1)Cc1ccccc1. The molecule has 3 rings (SSSR count). The van der Waals surface area contributed by atoms with E-state index >= 15 is 0 Å². The van der Waals surface area contributed by atoms with Crippen LogP contribution in [0.2, 0.25) is 0 Å². The smallest absolute Gasteiger partial charge is 0.0342 e. The van der Waals surface area contributed by atoms with Crippen LogP contribution in [0.25, 0.3) is 0 Å². The Hall–Kier alpha value is -1.31. The standard InChI is InChI=1S/C22H28ClN/c1-24(17-19-6-3-2-4-7-19)15-5-8-18-9-11-20(12-10-18)21-13-14-22(23)16-21/h2-4,6-7,9-12,21-22H,5,8,13-17H2,1H3. The van der Waals surface area contributed by atoms with Gasteiger partial charge in [0.05, 0.1) is 0 Å². The first-order valence-corrected chi connectivity index (χ1v) is 9.60. The molecule has 0 heterocycles. The fourth-order valence-electron chi connectivity index (χ4n) is 3.71. The van der Waals surface area contributed by atoms with E-state index in [0.29, 0.717) is 11.3 Å². The maximum Gasteiger partial charge on any atom is 0.0342 e. The molecule has 128 valence electrons. The molecule has 0 N–H and O–H groups in total. The maximum atomic E-state index is 6.24. The van der Waals surface area contributed by atoms with Crippen LogP contribution in [-0.2, 0) is 13.0 Å². The second kappa shape index (κ2) is 8.69. The van der Waals surface area contributed by atoms with E-state index in [0.717, 1.165) is 25.9 Å². The minimum absolute atomic E-state index is 0.384. The minimum Gasteiger partial charge on any atom is -0.302 e. The van der Waals surface area contributed by atoms with Crippen molar-refractivity contribution in [2.24, 2.45) is 0 Å². The molecule has 2 atom stereocenters. The van der Waals surface area contributed by atoms with Gasteiger partial charge in [-0.15, -0.1) is 11.6 Å². The Morgan fingerprint density at radius 2 is 1.71 bits per heavy atom. The highest BCUT2D eigenvalue weighted by Gasteiger charge is 2.23. The van der Waals surface area contributed by atoms with Crippen molar-refractivity contribution < 1.29 is 0 Å². The largest absolute Gasteiger partial charge is 0.302 e. The lowest BCUT2D eigenvalue weighted by atomic mass is 9.96. The highest BCUT2D eigenvalue weighted by Crippen LogP contribution is 2.37. The van der Waals surface area contributed by atoms with E-state index in [1.54, 1.807) is 0 Å². The summed E-state index contributed by atoms with van der Waals surface area (Å²) >= 11 is 6.24. The number of alkyl halides is 1. The van der Waals surface area contributed by atoms with Gasteiger partial charge in [0.25, 0.3) is 0 Å². The van der Waals surface area contributed by atoms with Crippen molar-refractivity contribution in [1.82, 2.24) is 4.90 Å². The van der Waals surface area contributed by atoms with Crippen molar-refractivity contribution in [1.29, 1.82) is 0 Å². The van der Waals surface area contributed by atoms with Crippen LogP contribution < -0.4 is 0 Å². The average Bonchev–Trinajstić information content (AvgIpc) is 3.03. The molecule has 0 aliphatic heterocycles. The summed E-state index contributed by atoms with van der Waals surface area (Å²) in [5.74, 6) is 0.679. The van der Waals surface area contributed by atoms with Crippen molar-refractivity contribution in [3.63, 3.8) is 0 Å². The maximum absolute atomic E-state index is 6.24. The molecule has 0 bridgehead atoms. The number of hydrogen-bond donors (Lipinski definition) is 0. The molecule has 0 saturated heterocycles. The summed E-state index contributed by atoms with van der Waals surface area (Å²) in [4.78, 5) is 2.41. The zero-order valence-electron chi connectivity index (χ0n) is 14.6. The molecule has 1 aliphatic carbocycles. The minimum atomic E-state index is 0.384. The lowest BCUT2D eigenvalue weighted by Gasteiger charge is -2.16. The molecule has 2 heteroatoms. The third kappa shape index (κ3) is 5.09. The third-order valence-corrected chi connectivity index (χ3v) is 5.52. The van der Waals surface area contributed by atoms with Crippen LogP contribution in [-0.4, -0.2) is 23.9 Å². The van der Waals surface area contributed by atoms with Gasteiger partial charge in [0.2, 0.25) is 0 Å². The number of halogens is 1. The third-order valence-electron chi connectivity index (χ3n) is 5.12. The summed E-state index contributed by atoms with van der Waals surface area (Å²) in [5, 5.41) is 0.384. The Morgan fingerprint density at radius 3 is 2.38 bits per heavy atom. The van der Waals surface area contributed by atoms with Crippen molar-refractivity contribution in [3.8, 4) is 0 Å². The van der Waals surface area contributed by atoms with Gasteiger partial charge in [0, 0.05) is 11.9 Å². The molecule has 0 radical (unpaired) electrons. The average molecular weight is 342 g/mol. The topological polar surface area (TPSA) is 3.24 Å². The van der Waals surface area contributed by atoms with Crippen LogP contribution in [0.5, 0.6) is 0 Å². The van der Waals surface area contributed by atoms with Gasteiger partial charge in [-0.05, 0) is 68.3 Å². The van der Waals surface area contributed by atoms with Gasteiger partial charge in [-0.1, -0.05) is 54.6 Å².